The number of nitrogens with one attached hydrogen (secondary N) is 1. The number of nitro groups is 2. The van der Waals surface area contributed by atoms with Crippen molar-refractivity contribution in [2.75, 3.05) is 19.6 Å². The Labute approximate surface area is 187 Å². The minimum Gasteiger partial charge on any atom is -0.511 e. The third-order valence-corrected chi connectivity index (χ3v) is 5.01. The number of non-ortho nitro benzene ring substituents is 1. The van der Waals surface area contributed by atoms with E-state index in [2.05, 4.69) is 10.5 Å². The second kappa shape index (κ2) is 9.46. The van der Waals surface area contributed by atoms with Gasteiger partial charge in [0.25, 0.3) is 5.69 Å². The van der Waals surface area contributed by atoms with Crippen LogP contribution in [0.5, 0.6) is 5.75 Å². The van der Waals surface area contributed by atoms with Crippen molar-refractivity contribution >= 4 is 22.8 Å². The molecule has 0 aliphatic heterocycles. The minimum absolute atomic E-state index is 0.0594. The smallest absolute Gasteiger partial charge is 0.301 e. The maximum absolute atomic E-state index is 11.4. The number of hydrogen-bond acceptors (Lipinski definition) is 10. The molecule has 0 saturated carbocycles. The van der Waals surface area contributed by atoms with Gasteiger partial charge in [-0.05, 0) is 30.4 Å². The number of aromatic hydroxyl groups is 1. The average Bonchev–Trinajstić information content (AvgIpc) is 2.80. The predicted molar refractivity (Wildman–Crippen MR) is 118 cm³/mol. The Hall–Kier alpha value is -4.29. The largest absolute Gasteiger partial charge is 0.511 e. The van der Waals surface area contributed by atoms with Crippen LogP contribution < -0.4 is 5.43 Å². The van der Waals surface area contributed by atoms with E-state index in [-0.39, 0.29) is 40.5 Å². The molecule has 0 bridgehead atoms. The van der Waals surface area contributed by atoms with E-state index in [0.29, 0.717) is 0 Å². The summed E-state index contributed by atoms with van der Waals surface area (Å²) in [4.78, 5) is 20.9. The van der Waals surface area contributed by atoms with E-state index in [9.17, 15) is 30.4 Å². The first-order valence-electron chi connectivity index (χ1n) is 9.48. The molecule has 1 aliphatic rings. The van der Waals surface area contributed by atoms with Crippen molar-refractivity contribution < 1.29 is 29.5 Å². The fourth-order valence-electron chi connectivity index (χ4n) is 3.21. The molecule has 0 fully saturated rings. The van der Waals surface area contributed by atoms with E-state index in [1.165, 1.54) is 26.4 Å². The van der Waals surface area contributed by atoms with Gasteiger partial charge < -0.3 is 19.7 Å². The Balaban J connectivity index is 2.10. The third kappa shape index (κ3) is 4.81. The van der Waals surface area contributed by atoms with Crippen molar-refractivity contribution in [2.45, 2.75) is 12.2 Å². The van der Waals surface area contributed by atoms with Gasteiger partial charge in [0.05, 0.1) is 22.3 Å². The molecule has 0 unspecified atom stereocenters. The standard InChI is InChI=1S/C21H20N4O8/c1-32-21(33-2)10-9-15(19(27)12-21)20(14-5-3-4-6-18(14)26)23-22-16-8-7-13(24(28)29)11-17(16)25(30)31/h3-11,22,26-27H,12H2,1-2H3. The summed E-state index contributed by atoms with van der Waals surface area (Å²) < 4.78 is 10.6. The molecule has 0 amide bonds. The van der Waals surface area contributed by atoms with Gasteiger partial charge in [-0.3, -0.25) is 25.7 Å². The van der Waals surface area contributed by atoms with Crippen LogP contribution in [0.3, 0.4) is 0 Å². The molecule has 12 nitrogen and oxygen atoms in total. The Morgan fingerprint density at radius 1 is 1.09 bits per heavy atom. The molecule has 0 radical (unpaired) electrons. The van der Waals surface area contributed by atoms with Crippen LogP contribution in [0.2, 0.25) is 0 Å². The highest BCUT2D eigenvalue weighted by atomic mass is 16.7. The summed E-state index contributed by atoms with van der Waals surface area (Å²) in [6.07, 6.45) is 2.99. The number of allylic oxidation sites excluding steroid dienone is 2. The molecule has 0 saturated heterocycles. The van der Waals surface area contributed by atoms with Crippen molar-refractivity contribution in [3.05, 3.63) is 91.7 Å². The lowest BCUT2D eigenvalue weighted by atomic mass is 9.93. The average molecular weight is 456 g/mol. The van der Waals surface area contributed by atoms with Crippen LogP contribution in [-0.2, 0) is 9.47 Å². The van der Waals surface area contributed by atoms with E-state index in [1.807, 2.05) is 0 Å². The maximum atomic E-state index is 11.4. The zero-order chi connectivity index (χ0) is 24.2. The monoisotopic (exact) mass is 456 g/mol. The summed E-state index contributed by atoms with van der Waals surface area (Å²) in [5.74, 6) is -1.51. The molecule has 0 atom stereocenters. The summed E-state index contributed by atoms with van der Waals surface area (Å²) >= 11 is 0. The molecule has 172 valence electrons. The molecule has 3 rings (SSSR count). The van der Waals surface area contributed by atoms with Crippen LogP contribution in [0.15, 0.2) is 71.1 Å². The molecule has 0 heterocycles. The van der Waals surface area contributed by atoms with Crippen molar-refractivity contribution in [1.29, 1.82) is 0 Å². The molecule has 1 aliphatic carbocycles. The van der Waals surface area contributed by atoms with E-state index < -0.39 is 27.0 Å². The molecular weight excluding hydrogens is 436 g/mol. The lowest BCUT2D eigenvalue weighted by molar-refractivity contribution is -0.393. The van der Waals surface area contributed by atoms with Gasteiger partial charge in [-0.2, -0.15) is 5.10 Å². The molecule has 2 aromatic rings. The van der Waals surface area contributed by atoms with E-state index in [1.54, 1.807) is 24.3 Å². The fourth-order valence-corrected chi connectivity index (χ4v) is 3.21. The Morgan fingerprint density at radius 3 is 2.36 bits per heavy atom. The fraction of sp³-hybridized carbons (Fsp3) is 0.190. The summed E-state index contributed by atoms with van der Waals surface area (Å²) in [6, 6.07) is 9.23. The Kier molecular flexibility index (Phi) is 6.70. The number of nitro benzene ring substituents is 2. The first-order chi connectivity index (χ1) is 15.7. The maximum Gasteiger partial charge on any atom is 0.301 e. The topological polar surface area (TPSA) is 170 Å². The summed E-state index contributed by atoms with van der Waals surface area (Å²) in [5, 5.41) is 47.7. The van der Waals surface area contributed by atoms with Crippen molar-refractivity contribution in [1.82, 2.24) is 0 Å². The van der Waals surface area contributed by atoms with Crippen molar-refractivity contribution in [3.8, 4) is 5.75 Å². The van der Waals surface area contributed by atoms with Crippen LogP contribution in [0.1, 0.15) is 12.0 Å². The van der Waals surface area contributed by atoms with Crippen LogP contribution >= 0.6 is 0 Å². The third-order valence-electron chi connectivity index (χ3n) is 5.01. The van der Waals surface area contributed by atoms with Gasteiger partial charge in [-0.1, -0.05) is 12.1 Å². The molecule has 33 heavy (non-hydrogen) atoms. The predicted octanol–water partition coefficient (Wildman–Crippen LogP) is 3.79. The van der Waals surface area contributed by atoms with Crippen LogP contribution in [0, 0.1) is 20.2 Å². The first kappa shape index (κ1) is 23.4. The quantitative estimate of drug-likeness (QED) is 0.231. The molecule has 0 spiro atoms. The van der Waals surface area contributed by atoms with E-state index in [0.717, 1.165) is 18.2 Å². The van der Waals surface area contributed by atoms with Gasteiger partial charge in [-0.15, -0.1) is 0 Å². The SMILES string of the molecule is COC1(OC)C=CC(C(=NNc2ccc([N+](=O)[O-])cc2[N+](=O)[O-])c2ccccc2O)=C(O)C1. The number of aliphatic hydroxyl groups excluding tert-OH is 1. The van der Waals surface area contributed by atoms with E-state index >= 15 is 0 Å². The normalized spacial score (nSPS) is 15.4. The Bertz CT molecular complexity index is 1180. The van der Waals surface area contributed by atoms with Gasteiger partial charge in [0, 0.05) is 31.4 Å². The van der Waals surface area contributed by atoms with Gasteiger partial charge in [0.1, 0.15) is 22.9 Å². The van der Waals surface area contributed by atoms with Gasteiger partial charge in [0.2, 0.25) is 0 Å². The highest BCUT2D eigenvalue weighted by molar-refractivity contribution is 6.16. The van der Waals surface area contributed by atoms with Gasteiger partial charge >= 0.3 is 5.69 Å². The number of hydrazone groups is 1. The number of rotatable bonds is 8. The zero-order valence-electron chi connectivity index (χ0n) is 17.6. The number of nitrogens with zero attached hydrogens (tertiary/aromatic N) is 3. The number of phenols is 1. The minimum atomic E-state index is -1.19. The van der Waals surface area contributed by atoms with Crippen LogP contribution in [0.25, 0.3) is 0 Å². The lowest BCUT2D eigenvalue weighted by Gasteiger charge is -2.30. The number of benzene rings is 2. The summed E-state index contributed by atoms with van der Waals surface area (Å²) in [7, 11) is 2.83. The number of para-hydroxylation sites is 1. The number of phenolic OH excluding ortho intramolecular Hbond substituents is 1. The number of ether oxygens (including phenoxy) is 2. The lowest BCUT2D eigenvalue weighted by Crippen LogP contribution is -2.34. The van der Waals surface area contributed by atoms with Crippen molar-refractivity contribution in [2.24, 2.45) is 5.10 Å². The highest BCUT2D eigenvalue weighted by Gasteiger charge is 2.34. The number of hydrogen-bond donors (Lipinski definition) is 3. The zero-order valence-corrected chi connectivity index (χ0v) is 17.6. The number of methoxy groups -OCH3 is 2. The molecule has 0 aromatic heterocycles. The Morgan fingerprint density at radius 2 is 1.79 bits per heavy atom. The summed E-state index contributed by atoms with van der Waals surface area (Å²) in [6.45, 7) is 0. The number of anilines is 1. The number of aliphatic hydroxyl groups is 1. The van der Waals surface area contributed by atoms with Gasteiger partial charge in [0.15, 0.2) is 5.79 Å². The van der Waals surface area contributed by atoms with E-state index in [4.69, 9.17) is 9.47 Å². The van der Waals surface area contributed by atoms with Crippen LogP contribution in [-0.4, -0.2) is 45.8 Å². The molecule has 3 N–H and O–H groups in total. The molecule has 2 aromatic carbocycles. The molecule has 12 heteroatoms. The van der Waals surface area contributed by atoms with Gasteiger partial charge in [-0.25, -0.2) is 0 Å². The second-order valence-corrected chi connectivity index (χ2v) is 6.90. The first-order valence-corrected chi connectivity index (χ1v) is 9.48. The van der Waals surface area contributed by atoms with Crippen molar-refractivity contribution in [3.63, 3.8) is 0 Å². The molecular formula is C21H20N4O8. The highest BCUT2D eigenvalue weighted by Crippen LogP contribution is 2.33. The second-order valence-electron chi connectivity index (χ2n) is 6.90. The summed E-state index contributed by atoms with van der Waals surface area (Å²) in [5.41, 5.74) is 1.87. The van der Waals surface area contributed by atoms with Crippen LogP contribution in [0.4, 0.5) is 17.1 Å².